The molecule has 0 bridgehead atoms. The van der Waals surface area contributed by atoms with Gasteiger partial charge in [0.1, 0.15) is 11.4 Å². The second kappa shape index (κ2) is 9.81. The van der Waals surface area contributed by atoms with Gasteiger partial charge in [-0.2, -0.15) is 5.10 Å². The number of nitrogens with zero attached hydrogens (tertiary/aromatic N) is 2. The highest BCUT2D eigenvalue weighted by Crippen LogP contribution is 2.22. The molecule has 1 amide bonds. The van der Waals surface area contributed by atoms with Crippen molar-refractivity contribution in [1.82, 2.24) is 9.78 Å². The molecule has 0 radical (unpaired) electrons. The molecule has 0 fully saturated rings. The molecule has 1 heterocycles. The molecule has 0 aliphatic heterocycles. The first-order valence-corrected chi connectivity index (χ1v) is 10.9. The van der Waals surface area contributed by atoms with Crippen LogP contribution in [0.2, 0.25) is 0 Å². The maximum Gasteiger partial charge on any atom is 0.273 e. The molecule has 0 atom stereocenters. The lowest BCUT2D eigenvalue weighted by atomic mass is 9.92. The van der Waals surface area contributed by atoms with Gasteiger partial charge < -0.3 is 10.1 Å². The molecule has 0 unspecified atom stereocenters. The first-order valence-electron chi connectivity index (χ1n) is 10.9. The SMILES string of the molecule is CCCCOc1ccc(C(=O)c2cccc(NC(=O)c3cc(C(C)(C)C)nn3C)c2)cc1. The maximum absolute atomic E-state index is 12.9. The lowest BCUT2D eigenvalue weighted by Crippen LogP contribution is -2.16. The molecule has 1 aromatic heterocycles. The monoisotopic (exact) mass is 433 g/mol. The number of hydrogen-bond donors (Lipinski definition) is 1. The number of carbonyl (C=O) groups is 2. The minimum Gasteiger partial charge on any atom is -0.494 e. The number of hydrogen-bond acceptors (Lipinski definition) is 4. The second-order valence-corrected chi connectivity index (χ2v) is 8.88. The Labute approximate surface area is 189 Å². The van der Waals surface area contributed by atoms with E-state index in [0.29, 0.717) is 29.1 Å². The van der Waals surface area contributed by atoms with E-state index in [0.717, 1.165) is 24.3 Å². The molecule has 6 nitrogen and oxygen atoms in total. The Morgan fingerprint density at radius 2 is 1.75 bits per heavy atom. The fourth-order valence-electron chi connectivity index (χ4n) is 3.18. The van der Waals surface area contributed by atoms with Crippen molar-refractivity contribution >= 4 is 17.4 Å². The Hall–Kier alpha value is -3.41. The predicted molar refractivity (Wildman–Crippen MR) is 127 cm³/mol. The van der Waals surface area contributed by atoms with Gasteiger partial charge in [-0.15, -0.1) is 0 Å². The van der Waals surface area contributed by atoms with Crippen LogP contribution in [0.15, 0.2) is 54.6 Å². The van der Waals surface area contributed by atoms with Crippen molar-refractivity contribution in [3.05, 3.63) is 77.1 Å². The predicted octanol–water partition coefficient (Wildman–Crippen LogP) is 5.38. The molecule has 3 rings (SSSR count). The summed E-state index contributed by atoms with van der Waals surface area (Å²) < 4.78 is 7.24. The Kier molecular flexibility index (Phi) is 7.13. The third-order valence-corrected chi connectivity index (χ3v) is 5.15. The molecule has 0 spiro atoms. The first-order chi connectivity index (χ1) is 15.2. The van der Waals surface area contributed by atoms with Crippen molar-refractivity contribution in [3.63, 3.8) is 0 Å². The van der Waals surface area contributed by atoms with Crippen LogP contribution in [0.5, 0.6) is 5.75 Å². The van der Waals surface area contributed by atoms with Gasteiger partial charge in [0.15, 0.2) is 5.78 Å². The summed E-state index contributed by atoms with van der Waals surface area (Å²) >= 11 is 0. The normalized spacial score (nSPS) is 11.3. The topological polar surface area (TPSA) is 73.2 Å². The van der Waals surface area contributed by atoms with Crippen molar-refractivity contribution < 1.29 is 14.3 Å². The largest absolute Gasteiger partial charge is 0.494 e. The van der Waals surface area contributed by atoms with E-state index in [2.05, 4.69) is 38.1 Å². The number of rotatable bonds is 8. The van der Waals surface area contributed by atoms with E-state index in [4.69, 9.17) is 4.74 Å². The summed E-state index contributed by atoms with van der Waals surface area (Å²) in [6.45, 7) is 8.93. The summed E-state index contributed by atoms with van der Waals surface area (Å²) in [6.07, 6.45) is 2.07. The third kappa shape index (κ3) is 5.63. The number of carbonyl (C=O) groups excluding carboxylic acids is 2. The van der Waals surface area contributed by atoms with Crippen LogP contribution in [-0.4, -0.2) is 28.1 Å². The summed E-state index contributed by atoms with van der Waals surface area (Å²) in [4.78, 5) is 25.7. The molecular formula is C26H31N3O3. The summed E-state index contributed by atoms with van der Waals surface area (Å²) in [5.74, 6) is 0.368. The molecule has 0 saturated carbocycles. The van der Waals surface area contributed by atoms with Crippen LogP contribution in [-0.2, 0) is 12.5 Å². The van der Waals surface area contributed by atoms with Gasteiger partial charge in [-0.1, -0.05) is 46.2 Å². The zero-order valence-electron chi connectivity index (χ0n) is 19.4. The third-order valence-electron chi connectivity index (χ3n) is 5.15. The van der Waals surface area contributed by atoms with Gasteiger partial charge in [-0.05, 0) is 48.9 Å². The van der Waals surface area contributed by atoms with Gasteiger partial charge in [0, 0.05) is 29.3 Å². The number of aromatic nitrogens is 2. The van der Waals surface area contributed by atoms with Gasteiger partial charge in [0.2, 0.25) is 0 Å². The number of amides is 1. The van der Waals surface area contributed by atoms with Gasteiger partial charge in [0.25, 0.3) is 5.91 Å². The van der Waals surface area contributed by atoms with Crippen molar-refractivity contribution in [1.29, 1.82) is 0 Å². The molecular weight excluding hydrogens is 402 g/mol. The van der Waals surface area contributed by atoms with E-state index in [1.165, 1.54) is 0 Å². The fourth-order valence-corrected chi connectivity index (χ4v) is 3.18. The van der Waals surface area contributed by atoms with E-state index in [1.54, 1.807) is 54.2 Å². The smallest absolute Gasteiger partial charge is 0.273 e. The van der Waals surface area contributed by atoms with E-state index >= 15 is 0 Å². The van der Waals surface area contributed by atoms with E-state index in [1.807, 2.05) is 12.1 Å². The number of ether oxygens (including phenoxy) is 1. The van der Waals surface area contributed by atoms with Crippen LogP contribution in [0.4, 0.5) is 5.69 Å². The van der Waals surface area contributed by atoms with Crippen molar-refractivity contribution in [2.45, 2.75) is 46.0 Å². The molecule has 0 aliphatic rings. The average molecular weight is 434 g/mol. The minimum atomic E-state index is -0.270. The van der Waals surface area contributed by atoms with Gasteiger partial charge in [0.05, 0.1) is 12.3 Å². The van der Waals surface area contributed by atoms with E-state index in [-0.39, 0.29) is 17.1 Å². The zero-order chi connectivity index (χ0) is 23.3. The average Bonchev–Trinajstić information content (AvgIpc) is 3.16. The Morgan fingerprint density at radius 3 is 2.38 bits per heavy atom. The summed E-state index contributed by atoms with van der Waals surface area (Å²) in [5, 5.41) is 7.33. The summed E-state index contributed by atoms with van der Waals surface area (Å²) in [7, 11) is 1.75. The first kappa shape index (κ1) is 23.3. The summed E-state index contributed by atoms with van der Waals surface area (Å²) in [6, 6.07) is 15.9. The van der Waals surface area contributed by atoms with Crippen molar-refractivity contribution in [2.24, 2.45) is 7.05 Å². The van der Waals surface area contributed by atoms with E-state index in [9.17, 15) is 9.59 Å². The number of unbranched alkanes of at least 4 members (excludes halogenated alkanes) is 1. The number of anilines is 1. The van der Waals surface area contributed by atoms with Crippen molar-refractivity contribution in [3.8, 4) is 5.75 Å². The lowest BCUT2D eigenvalue weighted by molar-refractivity contribution is 0.101. The van der Waals surface area contributed by atoms with Crippen LogP contribution < -0.4 is 10.1 Å². The van der Waals surface area contributed by atoms with Crippen LogP contribution in [0.3, 0.4) is 0 Å². The number of aryl methyl sites for hydroxylation is 1. The molecule has 2 aromatic carbocycles. The van der Waals surface area contributed by atoms with Crippen LogP contribution >= 0.6 is 0 Å². The van der Waals surface area contributed by atoms with Crippen molar-refractivity contribution in [2.75, 3.05) is 11.9 Å². The van der Waals surface area contributed by atoms with Crippen LogP contribution in [0.25, 0.3) is 0 Å². The van der Waals surface area contributed by atoms with Gasteiger partial charge in [-0.3, -0.25) is 14.3 Å². The molecule has 0 saturated heterocycles. The van der Waals surface area contributed by atoms with Crippen LogP contribution in [0.1, 0.15) is 72.6 Å². The number of benzene rings is 2. The maximum atomic E-state index is 12.9. The molecule has 168 valence electrons. The van der Waals surface area contributed by atoms with Gasteiger partial charge in [-0.25, -0.2) is 0 Å². The Bertz CT molecular complexity index is 1090. The highest BCUT2D eigenvalue weighted by Gasteiger charge is 2.22. The number of ketones is 1. The highest BCUT2D eigenvalue weighted by atomic mass is 16.5. The summed E-state index contributed by atoms with van der Waals surface area (Å²) in [5.41, 5.74) is 2.78. The van der Waals surface area contributed by atoms with Gasteiger partial charge >= 0.3 is 0 Å². The van der Waals surface area contributed by atoms with E-state index < -0.39 is 0 Å². The number of nitrogens with one attached hydrogen (secondary N) is 1. The molecule has 32 heavy (non-hydrogen) atoms. The molecule has 0 aliphatic carbocycles. The van der Waals surface area contributed by atoms with Crippen LogP contribution in [0, 0.1) is 0 Å². The second-order valence-electron chi connectivity index (χ2n) is 8.88. The minimum absolute atomic E-state index is 0.114. The fraction of sp³-hybridized carbons (Fsp3) is 0.346. The Balaban J connectivity index is 1.72. The Morgan fingerprint density at radius 1 is 1.03 bits per heavy atom. The molecule has 3 aromatic rings. The molecule has 1 N–H and O–H groups in total. The lowest BCUT2D eigenvalue weighted by Gasteiger charge is -2.13. The zero-order valence-corrected chi connectivity index (χ0v) is 19.4. The quantitative estimate of drug-likeness (QED) is 0.382. The highest BCUT2D eigenvalue weighted by molar-refractivity contribution is 6.10. The molecule has 6 heteroatoms. The standard InChI is InChI=1S/C26H31N3O3/c1-6-7-15-32-21-13-11-18(12-14-21)24(30)19-9-8-10-20(16-19)27-25(31)22-17-23(26(2,3)4)28-29(22)5/h8-14,16-17H,6-7,15H2,1-5H3,(H,27,31).